The number of aliphatic hydroxyl groups is 1. The van der Waals surface area contributed by atoms with Gasteiger partial charge >= 0.3 is 0 Å². The lowest BCUT2D eigenvalue weighted by molar-refractivity contribution is -0.123. The van der Waals surface area contributed by atoms with Crippen LogP contribution in [-0.4, -0.2) is 39.0 Å². The minimum atomic E-state index is -0.250. The van der Waals surface area contributed by atoms with Gasteiger partial charge in [0, 0.05) is 36.0 Å². The maximum absolute atomic E-state index is 11.5. The number of hydrogen-bond acceptors (Lipinski definition) is 4. The summed E-state index contributed by atoms with van der Waals surface area (Å²) in [6.07, 6.45) is 5.91. The summed E-state index contributed by atoms with van der Waals surface area (Å²) < 4.78 is 2.03. The Bertz CT molecular complexity index is 584. The number of aliphatic hydroxyl groups excluding tert-OH is 1. The van der Waals surface area contributed by atoms with Crippen LogP contribution in [0.3, 0.4) is 0 Å². The maximum Gasteiger partial charge on any atom is 0.220 e. The number of piperidine rings is 1. The molecule has 3 heterocycles. The summed E-state index contributed by atoms with van der Waals surface area (Å²) in [5.41, 5.74) is 7.96. The molecule has 0 bridgehead atoms. The molecule has 4 N–H and O–H groups in total. The molecule has 3 unspecified atom stereocenters. The molecule has 4 atom stereocenters. The van der Waals surface area contributed by atoms with Gasteiger partial charge in [0.05, 0.1) is 12.3 Å². The molecule has 1 amide bonds. The summed E-state index contributed by atoms with van der Waals surface area (Å²) in [6, 6.07) is 0. The van der Waals surface area contributed by atoms with Gasteiger partial charge in [-0.3, -0.25) is 9.48 Å². The van der Waals surface area contributed by atoms with E-state index in [4.69, 9.17) is 5.73 Å². The lowest BCUT2D eigenvalue weighted by Crippen LogP contribution is -2.45. The number of aryl methyl sites for hydroxylation is 1. The first-order valence-electron chi connectivity index (χ1n) is 7.86. The van der Waals surface area contributed by atoms with Gasteiger partial charge in [-0.1, -0.05) is 0 Å². The highest BCUT2D eigenvalue weighted by Crippen LogP contribution is 2.57. The van der Waals surface area contributed by atoms with Crippen LogP contribution in [0.5, 0.6) is 0 Å². The van der Waals surface area contributed by atoms with Gasteiger partial charge in [0.1, 0.15) is 0 Å². The third-order valence-corrected chi connectivity index (χ3v) is 5.52. The van der Waals surface area contributed by atoms with Crippen molar-refractivity contribution >= 4 is 5.91 Å². The Morgan fingerprint density at radius 2 is 2.33 bits per heavy atom. The van der Waals surface area contributed by atoms with Crippen molar-refractivity contribution in [2.45, 2.75) is 56.2 Å². The Morgan fingerprint density at radius 3 is 3.14 bits per heavy atom. The van der Waals surface area contributed by atoms with E-state index < -0.39 is 0 Å². The fourth-order valence-electron chi connectivity index (χ4n) is 4.21. The number of nitrogens with zero attached hydrogens (tertiary/aromatic N) is 2. The minimum absolute atomic E-state index is 0.00626. The van der Waals surface area contributed by atoms with E-state index in [9.17, 15) is 9.90 Å². The van der Waals surface area contributed by atoms with E-state index in [-0.39, 0.29) is 23.5 Å². The number of amides is 1. The molecule has 3 aliphatic rings. The number of nitrogens with one attached hydrogen (secondary N) is 1. The van der Waals surface area contributed by atoms with Crippen LogP contribution in [0, 0.1) is 5.92 Å². The topological polar surface area (TPSA) is 93.2 Å². The van der Waals surface area contributed by atoms with Crippen LogP contribution in [0.2, 0.25) is 0 Å². The molecule has 2 fully saturated rings. The number of carbonyl (C=O) groups excluding carboxylic acids is 1. The SMILES string of the molecule is NC(=O)C1CCNC2(C1)CC2c1cnn2c1C[C@@H](O)CC2. The van der Waals surface area contributed by atoms with Gasteiger partial charge in [-0.2, -0.15) is 5.10 Å². The van der Waals surface area contributed by atoms with Crippen molar-refractivity contribution < 1.29 is 9.90 Å². The normalized spacial score (nSPS) is 38.2. The molecule has 1 aromatic rings. The molecule has 1 saturated heterocycles. The average Bonchev–Trinajstić information content (AvgIpc) is 2.96. The highest BCUT2D eigenvalue weighted by molar-refractivity contribution is 5.77. The molecule has 0 aromatic carbocycles. The van der Waals surface area contributed by atoms with E-state index in [1.807, 2.05) is 10.9 Å². The average molecular weight is 290 g/mol. The summed E-state index contributed by atoms with van der Waals surface area (Å²) in [4.78, 5) is 11.5. The zero-order valence-electron chi connectivity index (χ0n) is 12.1. The van der Waals surface area contributed by atoms with Crippen molar-refractivity contribution in [2.75, 3.05) is 6.54 Å². The van der Waals surface area contributed by atoms with Crippen molar-refractivity contribution in [3.63, 3.8) is 0 Å². The standard InChI is InChI=1S/C15H22N4O2/c16-14(21)9-1-3-17-15(6-9)7-12(15)11-8-18-19-4-2-10(20)5-13(11)19/h8-10,12,17,20H,1-7H2,(H2,16,21)/t9?,10-,12?,15?/m0/s1. The largest absolute Gasteiger partial charge is 0.393 e. The van der Waals surface area contributed by atoms with Gasteiger partial charge in [-0.05, 0) is 37.8 Å². The Kier molecular flexibility index (Phi) is 2.87. The summed E-state index contributed by atoms with van der Waals surface area (Å²) >= 11 is 0. The summed E-state index contributed by atoms with van der Waals surface area (Å²) in [5, 5.41) is 18.0. The van der Waals surface area contributed by atoms with Gasteiger partial charge in [0.15, 0.2) is 0 Å². The van der Waals surface area contributed by atoms with E-state index in [1.165, 1.54) is 11.3 Å². The second-order valence-corrected chi connectivity index (χ2v) is 6.85. The lowest BCUT2D eigenvalue weighted by atomic mass is 9.87. The van der Waals surface area contributed by atoms with E-state index in [0.717, 1.165) is 38.8 Å². The number of nitrogens with two attached hydrogens (primary N) is 1. The van der Waals surface area contributed by atoms with Crippen LogP contribution >= 0.6 is 0 Å². The fraction of sp³-hybridized carbons (Fsp3) is 0.733. The fourth-order valence-corrected chi connectivity index (χ4v) is 4.21. The molecule has 1 aromatic heterocycles. The van der Waals surface area contributed by atoms with Crippen molar-refractivity contribution in [1.82, 2.24) is 15.1 Å². The van der Waals surface area contributed by atoms with Crippen molar-refractivity contribution in [1.29, 1.82) is 0 Å². The molecule has 6 nitrogen and oxygen atoms in total. The second kappa shape index (κ2) is 4.55. The predicted octanol–water partition coefficient (Wildman–Crippen LogP) is -0.0988. The number of hydrogen-bond donors (Lipinski definition) is 3. The predicted molar refractivity (Wildman–Crippen MR) is 76.6 cm³/mol. The maximum atomic E-state index is 11.5. The van der Waals surface area contributed by atoms with Crippen LogP contribution in [0.4, 0.5) is 0 Å². The van der Waals surface area contributed by atoms with E-state index in [1.54, 1.807) is 0 Å². The first-order chi connectivity index (χ1) is 10.1. The second-order valence-electron chi connectivity index (χ2n) is 6.85. The Labute approximate surface area is 123 Å². The zero-order valence-corrected chi connectivity index (χ0v) is 12.1. The highest BCUT2D eigenvalue weighted by atomic mass is 16.3. The first kappa shape index (κ1) is 13.3. The van der Waals surface area contributed by atoms with Crippen LogP contribution in [0.1, 0.15) is 42.9 Å². The van der Waals surface area contributed by atoms with E-state index in [2.05, 4.69) is 10.4 Å². The van der Waals surface area contributed by atoms with Crippen LogP contribution in [0.15, 0.2) is 6.20 Å². The van der Waals surface area contributed by atoms with Gasteiger partial charge < -0.3 is 16.2 Å². The smallest absolute Gasteiger partial charge is 0.220 e. The zero-order chi connectivity index (χ0) is 14.6. The van der Waals surface area contributed by atoms with Gasteiger partial charge in [-0.15, -0.1) is 0 Å². The molecule has 4 rings (SSSR count). The van der Waals surface area contributed by atoms with E-state index in [0.29, 0.717) is 12.3 Å². The summed E-state index contributed by atoms with van der Waals surface area (Å²) in [6.45, 7) is 1.66. The summed E-state index contributed by atoms with van der Waals surface area (Å²) in [5.74, 6) is 0.232. The third-order valence-electron chi connectivity index (χ3n) is 5.52. The molecule has 2 aliphatic heterocycles. The van der Waals surface area contributed by atoms with Crippen molar-refractivity contribution in [3.05, 3.63) is 17.5 Å². The molecular formula is C15H22N4O2. The van der Waals surface area contributed by atoms with Gasteiger partial charge in [0.2, 0.25) is 5.91 Å². The number of rotatable bonds is 2. The molecule has 1 spiro atoms. The molecule has 1 saturated carbocycles. The van der Waals surface area contributed by atoms with E-state index >= 15 is 0 Å². The van der Waals surface area contributed by atoms with Crippen LogP contribution in [0.25, 0.3) is 0 Å². The number of fused-ring (bicyclic) bond motifs is 1. The molecule has 0 radical (unpaired) electrons. The molecular weight excluding hydrogens is 268 g/mol. The number of aromatic nitrogens is 2. The van der Waals surface area contributed by atoms with Gasteiger partial charge in [0.25, 0.3) is 0 Å². The molecule has 21 heavy (non-hydrogen) atoms. The first-order valence-corrected chi connectivity index (χ1v) is 7.86. The van der Waals surface area contributed by atoms with Crippen LogP contribution < -0.4 is 11.1 Å². The third kappa shape index (κ3) is 2.08. The van der Waals surface area contributed by atoms with Crippen molar-refractivity contribution in [3.8, 4) is 0 Å². The molecule has 1 aliphatic carbocycles. The Morgan fingerprint density at radius 1 is 1.48 bits per heavy atom. The van der Waals surface area contributed by atoms with Gasteiger partial charge in [-0.25, -0.2) is 0 Å². The monoisotopic (exact) mass is 290 g/mol. The minimum Gasteiger partial charge on any atom is -0.393 e. The highest BCUT2D eigenvalue weighted by Gasteiger charge is 2.58. The van der Waals surface area contributed by atoms with Crippen LogP contribution in [-0.2, 0) is 17.8 Å². The quantitative estimate of drug-likeness (QED) is 0.709. The lowest BCUT2D eigenvalue weighted by Gasteiger charge is -2.30. The van der Waals surface area contributed by atoms with Crippen molar-refractivity contribution in [2.24, 2.45) is 11.7 Å². The number of primary amides is 1. The summed E-state index contributed by atoms with van der Waals surface area (Å²) in [7, 11) is 0. The Balaban J connectivity index is 1.57. The molecule has 114 valence electrons. The number of carbonyl (C=O) groups is 1. The molecule has 6 heteroatoms. The Hall–Kier alpha value is -1.40.